The lowest BCUT2D eigenvalue weighted by Gasteiger charge is -2.13. The molecule has 0 bridgehead atoms. The van der Waals surface area contributed by atoms with Crippen molar-refractivity contribution in [2.45, 2.75) is 12.5 Å². The largest absolute Gasteiger partial charge is 0.388 e. The van der Waals surface area contributed by atoms with E-state index in [-0.39, 0.29) is 11.4 Å². The quantitative estimate of drug-likeness (QED) is 0.797. The first-order valence-electron chi connectivity index (χ1n) is 5.55. The molecule has 0 heterocycles. The Balaban J connectivity index is 2.23. The molecule has 1 unspecified atom stereocenters. The van der Waals surface area contributed by atoms with Gasteiger partial charge in [-0.3, -0.25) is 0 Å². The lowest BCUT2D eigenvalue weighted by Crippen LogP contribution is -2.04. The van der Waals surface area contributed by atoms with E-state index in [1.165, 1.54) is 6.07 Å². The number of hydrogen-bond donors (Lipinski definition) is 1. The van der Waals surface area contributed by atoms with Gasteiger partial charge in [-0.15, -0.1) is 0 Å². The highest BCUT2D eigenvalue weighted by Gasteiger charge is 2.14. The SMILES string of the molecule is OC(Cc1cccc(Cl)c1F)c1ccc(Cl)c(Br)c1. The first kappa shape index (κ1) is 14.8. The summed E-state index contributed by atoms with van der Waals surface area (Å²) in [7, 11) is 0. The monoisotopic (exact) mass is 362 g/mol. The van der Waals surface area contributed by atoms with Crippen LogP contribution >= 0.6 is 39.1 Å². The number of hydrogen-bond acceptors (Lipinski definition) is 1. The van der Waals surface area contributed by atoms with E-state index in [9.17, 15) is 9.50 Å². The maximum atomic E-state index is 13.7. The molecule has 0 saturated carbocycles. The number of aliphatic hydroxyl groups excluding tert-OH is 1. The molecule has 0 radical (unpaired) electrons. The van der Waals surface area contributed by atoms with Crippen molar-refractivity contribution in [3.63, 3.8) is 0 Å². The number of aliphatic hydroxyl groups is 1. The van der Waals surface area contributed by atoms with Crippen molar-refractivity contribution in [1.29, 1.82) is 0 Å². The van der Waals surface area contributed by atoms with E-state index in [1.54, 1.807) is 30.3 Å². The second kappa shape index (κ2) is 6.23. The maximum absolute atomic E-state index is 13.7. The molecule has 0 fully saturated rings. The molecule has 0 amide bonds. The van der Waals surface area contributed by atoms with Crippen LogP contribution in [0.25, 0.3) is 0 Å². The van der Waals surface area contributed by atoms with Gasteiger partial charge in [0.15, 0.2) is 0 Å². The van der Waals surface area contributed by atoms with E-state index in [0.717, 1.165) is 0 Å². The molecule has 0 aliphatic carbocycles. The van der Waals surface area contributed by atoms with Gasteiger partial charge in [0, 0.05) is 10.9 Å². The maximum Gasteiger partial charge on any atom is 0.145 e. The summed E-state index contributed by atoms with van der Waals surface area (Å²) in [6.45, 7) is 0. The third-order valence-electron chi connectivity index (χ3n) is 2.77. The van der Waals surface area contributed by atoms with Gasteiger partial charge in [0.2, 0.25) is 0 Å². The fourth-order valence-electron chi connectivity index (χ4n) is 1.75. The van der Waals surface area contributed by atoms with Crippen molar-refractivity contribution in [1.82, 2.24) is 0 Å². The molecule has 0 spiro atoms. The van der Waals surface area contributed by atoms with Crippen LogP contribution < -0.4 is 0 Å². The van der Waals surface area contributed by atoms with Gasteiger partial charge in [-0.1, -0.05) is 41.4 Å². The third-order valence-corrected chi connectivity index (χ3v) is 4.28. The Kier molecular flexibility index (Phi) is 4.85. The highest BCUT2D eigenvalue weighted by molar-refractivity contribution is 9.10. The van der Waals surface area contributed by atoms with Crippen LogP contribution in [0.4, 0.5) is 4.39 Å². The van der Waals surface area contributed by atoms with Crippen LogP contribution in [0, 0.1) is 5.82 Å². The molecular formula is C14H10BrCl2FO. The summed E-state index contributed by atoms with van der Waals surface area (Å²) in [6, 6.07) is 9.85. The molecule has 2 aromatic rings. The van der Waals surface area contributed by atoms with Gasteiger partial charge < -0.3 is 5.11 Å². The van der Waals surface area contributed by atoms with Crippen molar-refractivity contribution in [3.05, 3.63) is 67.9 Å². The summed E-state index contributed by atoms with van der Waals surface area (Å²) in [6.07, 6.45) is -0.665. The van der Waals surface area contributed by atoms with Crippen molar-refractivity contribution in [2.75, 3.05) is 0 Å². The van der Waals surface area contributed by atoms with Crippen LogP contribution in [0.15, 0.2) is 40.9 Å². The van der Waals surface area contributed by atoms with E-state index >= 15 is 0 Å². The van der Waals surface area contributed by atoms with Gasteiger partial charge in [0.25, 0.3) is 0 Å². The molecule has 19 heavy (non-hydrogen) atoms. The molecule has 1 nitrogen and oxygen atoms in total. The first-order valence-corrected chi connectivity index (χ1v) is 7.10. The van der Waals surface area contributed by atoms with E-state index in [4.69, 9.17) is 23.2 Å². The summed E-state index contributed by atoms with van der Waals surface area (Å²) in [4.78, 5) is 0. The van der Waals surface area contributed by atoms with Crippen molar-refractivity contribution in [2.24, 2.45) is 0 Å². The van der Waals surface area contributed by atoms with E-state index < -0.39 is 11.9 Å². The van der Waals surface area contributed by atoms with Gasteiger partial charge in [-0.25, -0.2) is 4.39 Å². The van der Waals surface area contributed by atoms with E-state index in [2.05, 4.69) is 15.9 Å². The smallest absolute Gasteiger partial charge is 0.145 e. The highest BCUT2D eigenvalue weighted by Crippen LogP contribution is 2.28. The molecule has 2 aromatic carbocycles. The summed E-state index contributed by atoms with van der Waals surface area (Å²) >= 11 is 14.9. The lowest BCUT2D eigenvalue weighted by molar-refractivity contribution is 0.177. The summed E-state index contributed by atoms with van der Waals surface area (Å²) < 4.78 is 14.4. The molecule has 0 aliphatic heterocycles. The molecule has 1 atom stereocenters. The molecule has 2 rings (SSSR count). The zero-order valence-electron chi connectivity index (χ0n) is 9.71. The Morgan fingerprint density at radius 1 is 1.16 bits per heavy atom. The minimum atomic E-state index is -0.818. The predicted octanol–water partition coefficient (Wildman–Crippen LogP) is 5.17. The fourth-order valence-corrected chi connectivity index (χ4v) is 2.46. The third kappa shape index (κ3) is 3.48. The molecule has 0 aromatic heterocycles. The van der Waals surface area contributed by atoms with Crippen molar-refractivity contribution >= 4 is 39.1 Å². The van der Waals surface area contributed by atoms with Crippen LogP contribution in [-0.2, 0) is 6.42 Å². The van der Waals surface area contributed by atoms with Gasteiger partial charge in [-0.05, 0) is 45.3 Å². The van der Waals surface area contributed by atoms with E-state index in [1.807, 2.05) is 0 Å². The second-order valence-electron chi connectivity index (χ2n) is 4.11. The van der Waals surface area contributed by atoms with Crippen LogP contribution in [0.5, 0.6) is 0 Å². The Labute approximate surface area is 129 Å². The summed E-state index contributed by atoms with van der Waals surface area (Å²) in [5.74, 6) is -0.490. The predicted molar refractivity (Wildman–Crippen MR) is 79.2 cm³/mol. The topological polar surface area (TPSA) is 20.2 Å². The number of halogens is 4. The molecular weight excluding hydrogens is 354 g/mol. The van der Waals surface area contributed by atoms with Gasteiger partial charge in [0.1, 0.15) is 5.82 Å². The van der Waals surface area contributed by atoms with Crippen LogP contribution in [0.1, 0.15) is 17.2 Å². The van der Waals surface area contributed by atoms with Crippen LogP contribution in [-0.4, -0.2) is 5.11 Å². The molecule has 100 valence electrons. The zero-order chi connectivity index (χ0) is 14.0. The van der Waals surface area contributed by atoms with Crippen LogP contribution in [0.3, 0.4) is 0 Å². The van der Waals surface area contributed by atoms with Crippen molar-refractivity contribution < 1.29 is 9.50 Å². The molecule has 5 heteroatoms. The Morgan fingerprint density at radius 2 is 1.89 bits per heavy atom. The normalized spacial score (nSPS) is 12.5. The zero-order valence-corrected chi connectivity index (χ0v) is 12.8. The average Bonchev–Trinajstić information content (AvgIpc) is 2.38. The fraction of sp³-hybridized carbons (Fsp3) is 0.143. The van der Waals surface area contributed by atoms with E-state index in [0.29, 0.717) is 20.6 Å². The van der Waals surface area contributed by atoms with Gasteiger partial charge in [0.05, 0.1) is 16.1 Å². The molecule has 0 aliphatic rings. The Hall–Kier alpha value is -0.610. The number of benzene rings is 2. The Bertz CT molecular complexity index is 604. The van der Waals surface area contributed by atoms with Crippen molar-refractivity contribution in [3.8, 4) is 0 Å². The minimum Gasteiger partial charge on any atom is -0.388 e. The number of rotatable bonds is 3. The van der Waals surface area contributed by atoms with Gasteiger partial charge >= 0.3 is 0 Å². The van der Waals surface area contributed by atoms with Gasteiger partial charge in [-0.2, -0.15) is 0 Å². The first-order chi connectivity index (χ1) is 8.99. The second-order valence-corrected chi connectivity index (χ2v) is 5.78. The lowest BCUT2D eigenvalue weighted by atomic mass is 10.0. The molecule has 1 N–H and O–H groups in total. The Morgan fingerprint density at radius 3 is 2.58 bits per heavy atom. The average molecular weight is 364 g/mol. The standard InChI is InChI=1S/C14H10BrCl2FO/c15-10-6-8(4-5-11(10)16)13(19)7-9-2-1-3-12(17)14(9)18/h1-6,13,19H,7H2. The minimum absolute atomic E-state index is 0.0574. The summed E-state index contributed by atoms with van der Waals surface area (Å²) in [5.41, 5.74) is 1.04. The van der Waals surface area contributed by atoms with Crippen LogP contribution in [0.2, 0.25) is 10.0 Å². The summed E-state index contributed by atoms with van der Waals surface area (Å²) in [5, 5.41) is 10.7. The molecule has 0 saturated heterocycles. The highest BCUT2D eigenvalue weighted by atomic mass is 79.9.